The zero-order valence-corrected chi connectivity index (χ0v) is 13.2. The Kier molecular flexibility index (Phi) is 6.73. The molecule has 5 nitrogen and oxygen atoms in total. The number of hydrogen-bond acceptors (Lipinski definition) is 5. The van der Waals surface area contributed by atoms with Crippen LogP contribution in [0.2, 0.25) is 0 Å². The van der Waals surface area contributed by atoms with E-state index in [2.05, 4.69) is 22.2 Å². The van der Waals surface area contributed by atoms with Crippen LogP contribution in [-0.4, -0.2) is 29.7 Å². The van der Waals surface area contributed by atoms with Crippen LogP contribution in [0.25, 0.3) is 0 Å². The molecule has 0 aromatic carbocycles. The molecule has 1 saturated heterocycles. The van der Waals surface area contributed by atoms with E-state index < -0.39 is 0 Å². The molecule has 0 saturated carbocycles. The van der Waals surface area contributed by atoms with Crippen molar-refractivity contribution >= 4 is 5.82 Å². The van der Waals surface area contributed by atoms with Crippen molar-refractivity contribution in [2.75, 3.05) is 25.1 Å². The number of hydrogen-bond donors (Lipinski definition) is 1. The Morgan fingerprint density at radius 1 is 1.29 bits per heavy atom. The van der Waals surface area contributed by atoms with Gasteiger partial charge in [0.15, 0.2) is 5.82 Å². The highest BCUT2D eigenvalue weighted by molar-refractivity contribution is 5.38. The third-order valence-electron chi connectivity index (χ3n) is 3.57. The fourth-order valence-electron chi connectivity index (χ4n) is 2.45. The lowest BCUT2D eigenvalue weighted by molar-refractivity contribution is 0.104. The van der Waals surface area contributed by atoms with E-state index in [9.17, 15) is 0 Å². The van der Waals surface area contributed by atoms with Gasteiger partial charge >= 0.3 is 0 Å². The molecule has 0 radical (unpaired) electrons. The molecule has 1 N–H and O–H groups in total. The molecule has 1 aromatic rings. The maximum atomic E-state index is 5.68. The molecule has 1 aromatic heterocycles. The molecule has 1 aliphatic heterocycles. The first-order chi connectivity index (χ1) is 10.3. The van der Waals surface area contributed by atoms with Crippen molar-refractivity contribution in [2.24, 2.45) is 0 Å². The van der Waals surface area contributed by atoms with Crippen molar-refractivity contribution in [3.8, 4) is 5.88 Å². The molecule has 1 unspecified atom stereocenters. The average molecular weight is 293 g/mol. The van der Waals surface area contributed by atoms with Gasteiger partial charge in [0.25, 0.3) is 0 Å². The first-order valence-corrected chi connectivity index (χ1v) is 8.20. The molecular weight excluding hydrogens is 266 g/mol. The van der Waals surface area contributed by atoms with Crippen molar-refractivity contribution in [2.45, 2.75) is 58.5 Å². The van der Waals surface area contributed by atoms with Gasteiger partial charge in [-0.05, 0) is 26.2 Å². The normalized spacial score (nSPS) is 17.9. The molecule has 0 spiro atoms. The van der Waals surface area contributed by atoms with E-state index in [1.165, 1.54) is 19.3 Å². The molecule has 0 amide bonds. The number of nitrogens with one attached hydrogen (secondary N) is 1. The minimum atomic E-state index is 0.0195. The van der Waals surface area contributed by atoms with Gasteiger partial charge in [0.1, 0.15) is 11.9 Å². The van der Waals surface area contributed by atoms with E-state index in [0.29, 0.717) is 12.5 Å². The molecule has 1 atom stereocenters. The van der Waals surface area contributed by atoms with Crippen LogP contribution in [0.5, 0.6) is 5.88 Å². The lowest BCUT2D eigenvalue weighted by Gasteiger charge is -2.13. The second-order valence-electron chi connectivity index (χ2n) is 5.37. The largest absolute Gasteiger partial charge is 0.478 e. The van der Waals surface area contributed by atoms with Crippen molar-refractivity contribution in [1.82, 2.24) is 9.97 Å². The highest BCUT2D eigenvalue weighted by Crippen LogP contribution is 2.28. The summed E-state index contributed by atoms with van der Waals surface area (Å²) < 4.78 is 11.2. The summed E-state index contributed by atoms with van der Waals surface area (Å²) in [5.74, 6) is 2.22. The molecular formula is C16H27N3O2. The summed E-state index contributed by atoms with van der Waals surface area (Å²) in [7, 11) is 0. The Balaban J connectivity index is 1.97. The van der Waals surface area contributed by atoms with Crippen molar-refractivity contribution in [3.63, 3.8) is 0 Å². The van der Waals surface area contributed by atoms with Crippen LogP contribution in [0.15, 0.2) is 6.07 Å². The highest BCUT2D eigenvalue weighted by Gasteiger charge is 2.22. The van der Waals surface area contributed by atoms with E-state index in [1.807, 2.05) is 13.0 Å². The molecule has 1 aliphatic rings. The number of rotatable bonds is 9. The Labute approximate surface area is 127 Å². The van der Waals surface area contributed by atoms with E-state index in [1.54, 1.807) is 0 Å². The highest BCUT2D eigenvalue weighted by atomic mass is 16.5. The van der Waals surface area contributed by atoms with Crippen molar-refractivity contribution in [3.05, 3.63) is 11.9 Å². The zero-order valence-electron chi connectivity index (χ0n) is 13.2. The number of aromatic nitrogens is 2. The number of anilines is 1. The summed E-state index contributed by atoms with van der Waals surface area (Å²) in [6.45, 7) is 6.53. The standard InChI is InChI=1S/C16H27N3O2/c1-3-5-6-7-10-17-14-12-15(20-4-2)19-16(18-14)13-9-8-11-21-13/h12-13H,3-11H2,1-2H3,(H,17,18,19). The summed E-state index contributed by atoms with van der Waals surface area (Å²) >= 11 is 0. The Hall–Kier alpha value is -1.36. The Morgan fingerprint density at radius 2 is 2.19 bits per heavy atom. The molecule has 2 heterocycles. The minimum absolute atomic E-state index is 0.0195. The van der Waals surface area contributed by atoms with E-state index in [0.717, 1.165) is 44.1 Å². The van der Waals surface area contributed by atoms with Gasteiger partial charge in [-0.25, -0.2) is 4.98 Å². The Bertz CT molecular complexity index is 420. The molecule has 5 heteroatoms. The SMILES string of the molecule is CCCCCCNc1cc(OCC)nc(C2CCCO2)n1. The number of ether oxygens (including phenoxy) is 2. The first kappa shape index (κ1) is 16.0. The summed E-state index contributed by atoms with van der Waals surface area (Å²) in [6, 6.07) is 1.88. The second kappa shape index (κ2) is 8.82. The average Bonchev–Trinajstić information content (AvgIpc) is 3.01. The quantitative estimate of drug-likeness (QED) is 0.703. The van der Waals surface area contributed by atoms with Crippen molar-refractivity contribution < 1.29 is 9.47 Å². The molecule has 21 heavy (non-hydrogen) atoms. The van der Waals surface area contributed by atoms with Crippen LogP contribution < -0.4 is 10.1 Å². The predicted molar refractivity (Wildman–Crippen MR) is 83.8 cm³/mol. The lowest BCUT2D eigenvalue weighted by atomic mass is 10.2. The van der Waals surface area contributed by atoms with Gasteiger partial charge in [0.2, 0.25) is 5.88 Å². The monoisotopic (exact) mass is 293 g/mol. The van der Waals surface area contributed by atoms with Gasteiger partial charge in [-0.3, -0.25) is 0 Å². The molecule has 0 aliphatic carbocycles. The lowest BCUT2D eigenvalue weighted by Crippen LogP contribution is -2.10. The van der Waals surface area contributed by atoms with Crippen LogP contribution in [0.1, 0.15) is 64.3 Å². The smallest absolute Gasteiger partial charge is 0.218 e. The predicted octanol–water partition coefficient (Wildman–Crippen LogP) is 3.72. The molecule has 0 bridgehead atoms. The summed E-state index contributed by atoms with van der Waals surface area (Å²) in [5.41, 5.74) is 0. The second-order valence-corrected chi connectivity index (χ2v) is 5.37. The van der Waals surface area contributed by atoms with E-state index in [-0.39, 0.29) is 6.10 Å². The minimum Gasteiger partial charge on any atom is -0.478 e. The van der Waals surface area contributed by atoms with Gasteiger partial charge < -0.3 is 14.8 Å². The van der Waals surface area contributed by atoms with Crippen molar-refractivity contribution in [1.29, 1.82) is 0 Å². The van der Waals surface area contributed by atoms with Crippen LogP contribution >= 0.6 is 0 Å². The van der Waals surface area contributed by atoms with Gasteiger partial charge in [-0.1, -0.05) is 26.2 Å². The fourth-order valence-corrected chi connectivity index (χ4v) is 2.45. The van der Waals surface area contributed by atoms with E-state index in [4.69, 9.17) is 9.47 Å². The Morgan fingerprint density at radius 3 is 2.90 bits per heavy atom. The molecule has 2 rings (SSSR count). The fraction of sp³-hybridized carbons (Fsp3) is 0.750. The topological polar surface area (TPSA) is 56.3 Å². The number of nitrogens with zero attached hydrogens (tertiary/aromatic N) is 2. The van der Waals surface area contributed by atoms with Gasteiger partial charge in [-0.2, -0.15) is 4.98 Å². The first-order valence-electron chi connectivity index (χ1n) is 8.20. The molecule has 1 fully saturated rings. The summed E-state index contributed by atoms with van der Waals surface area (Å²) in [4.78, 5) is 9.05. The van der Waals surface area contributed by atoms with Crippen LogP contribution in [0.4, 0.5) is 5.82 Å². The maximum absolute atomic E-state index is 5.68. The summed E-state index contributed by atoms with van der Waals surface area (Å²) in [6.07, 6.45) is 7.05. The third kappa shape index (κ3) is 5.16. The van der Waals surface area contributed by atoms with Gasteiger partial charge in [0, 0.05) is 19.2 Å². The van der Waals surface area contributed by atoms with Gasteiger partial charge in [-0.15, -0.1) is 0 Å². The van der Waals surface area contributed by atoms with E-state index >= 15 is 0 Å². The van der Waals surface area contributed by atoms with Crippen LogP contribution in [0.3, 0.4) is 0 Å². The zero-order chi connectivity index (χ0) is 14.9. The molecule has 118 valence electrons. The third-order valence-corrected chi connectivity index (χ3v) is 3.57. The van der Waals surface area contributed by atoms with Crippen LogP contribution in [-0.2, 0) is 4.74 Å². The van der Waals surface area contributed by atoms with Gasteiger partial charge in [0.05, 0.1) is 6.61 Å². The maximum Gasteiger partial charge on any atom is 0.218 e. The number of unbranched alkanes of at least 4 members (excludes halogenated alkanes) is 3. The van der Waals surface area contributed by atoms with Crippen LogP contribution in [0, 0.1) is 0 Å². The summed E-state index contributed by atoms with van der Waals surface area (Å²) in [5, 5.41) is 3.38.